The SMILES string of the molecule is CCCCCCCCNCCCOc1ccc2ccccc2c1. The van der Waals surface area contributed by atoms with Crippen LogP contribution in [-0.4, -0.2) is 19.7 Å². The molecule has 0 aromatic heterocycles. The maximum Gasteiger partial charge on any atom is 0.119 e. The normalized spacial score (nSPS) is 11.0. The van der Waals surface area contributed by atoms with E-state index in [1.54, 1.807) is 0 Å². The Morgan fingerprint density at radius 3 is 2.39 bits per heavy atom. The van der Waals surface area contributed by atoms with Gasteiger partial charge in [-0.2, -0.15) is 0 Å². The molecule has 2 aromatic rings. The van der Waals surface area contributed by atoms with Gasteiger partial charge in [-0.05, 0) is 48.8 Å². The third-order valence-corrected chi connectivity index (χ3v) is 4.19. The Morgan fingerprint density at radius 1 is 0.783 bits per heavy atom. The van der Waals surface area contributed by atoms with Crippen molar-refractivity contribution in [3.05, 3.63) is 42.5 Å². The lowest BCUT2D eigenvalue weighted by Gasteiger charge is -2.08. The maximum atomic E-state index is 5.85. The van der Waals surface area contributed by atoms with Crippen LogP contribution in [-0.2, 0) is 0 Å². The number of hydrogen-bond donors (Lipinski definition) is 1. The summed E-state index contributed by atoms with van der Waals surface area (Å²) in [6.45, 7) is 5.23. The van der Waals surface area contributed by atoms with Crippen molar-refractivity contribution in [3.8, 4) is 5.75 Å². The largest absolute Gasteiger partial charge is 0.494 e. The molecular formula is C21H31NO. The van der Waals surface area contributed by atoms with E-state index in [0.717, 1.165) is 31.9 Å². The number of ether oxygens (including phenoxy) is 1. The fourth-order valence-electron chi connectivity index (χ4n) is 2.80. The average molecular weight is 313 g/mol. The highest BCUT2D eigenvalue weighted by Gasteiger charge is 1.97. The third-order valence-electron chi connectivity index (χ3n) is 4.19. The molecule has 126 valence electrons. The summed E-state index contributed by atoms with van der Waals surface area (Å²) in [5.74, 6) is 0.972. The van der Waals surface area contributed by atoms with E-state index in [4.69, 9.17) is 4.74 Å². The quantitative estimate of drug-likeness (QED) is 0.518. The van der Waals surface area contributed by atoms with Crippen LogP contribution < -0.4 is 10.1 Å². The van der Waals surface area contributed by atoms with E-state index in [1.807, 2.05) is 0 Å². The smallest absolute Gasteiger partial charge is 0.119 e. The van der Waals surface area contributed by atoms with E-state index >= 15 is 0 Å². The van der Waals surface area contributed by atoms with Gasteiger partial charge in [0.05, 0.1) is 6.61 Å². The van der Waals surface area contributed by atoms with Gasteiger partial charge in [0, 0.05) is 0 Å². The first-order valence-electron chi connectivity index (χ1n) is 9.22. The van der Waals surface area contributed by atoms with Gasteiger partial charge < -0.3 is 10.1 Å². The summed E-state index contributed by atoms with van der Waals surface area (Å²) >= 11 is 0. The van der Waals surface area contributed by atoms with E-state index in [9.17, 15) is 0 Å². The van der Waals surface area contributed by atoms with Crippen molar-refractivity contribution >= 4 is 10.8 Å². The zero-order chi connectivity index (χ0) is 16.2. The van der Waals surface area contributed by atoms with Gasteiger partial charge in [0.2, 0.25) is 0 Å². The Hall–Kier alpha value is -1.54. The zero-order valence-corrected chi connectivity index (χ0v) is 14.5. The molecule has 2 heteroatoms. The molecule has 0 bridgehead atoms. The fraction of sp³-hybridized carbons (Fsp3) is 0.524. The number of nitrogens with one attached hydrogen (secondary N) is 1. The Kier molecular flexibility index (Phi) is 8.57. The van der Waals surface area contributed by atoms with Gasteiger partial charge in [-0.25, -0.2) is 0 Å². The Morgan fingerprint density at radius 2 is 1.52 bits per heavy atom. The molecule has 0 saturated heterocycles. The molecule has 0 atom stereocenters. The van der Waals surface area contributed by atoms with Gasteiger partial charge in [-0.3, -0.25) is 0 Å². The monoisotopic (exact) mass is 313 g/mol. The fourth-order valence-corrected chi connectivity index (χ4v) is 2.80. The standard InChI is InChI=1S/C21H31NO/c1-2-3-4-5-6-9-15-22-16-10-17-23-21-14-13-19-11-7-8-12-20(19)18-21/h7-8,11-14,18,22H,2-6,9-10,15-17H2,1H3. The van der Waals surface area contributed by atoms with E-state index < -0.39 is 0 Å². The average Bonchev–Trinajstić information content (AvgIpc) is 2.59. The summed E-state index contributed by atoms with van der Waals surface area (Å²) in [6.07, 6.45) is 9.23. The van der Waals surface area contributed by atoms with Crippen LogP contribution in [0, 0.1) is 0 Å². The van der Waals surface area contributed by atoms with E-state index in [0.29, 0.717) is 0 Å². The summed E-state index contributed by atoms with van der Waals surface area (Å²) in [6, 6.07) is 14.7. The number of fused-ring (bicyclic) bond motifs is 1. The van der Waals surface area contributed by atoms with Crippen LogP contribution in [0.1, 0.15) is 51.9 Å². The van der Waals surface area contributed by atoms with Gasteiger partial charge in [-0.1, -0.05) is 69.4 Å². The molecule has 0 radical (unpaired) electrons. The number of rotatable bonds is 12. The Labute approximate surface area is 141 Å². The lowest BCUT2D eigenvalue weighted by Crippen LogP contribution is -2.18. The van der Waals surface area contributed by atoms with Crippen LogP contribution in [0.3, 0.4) is 0 Å². The van der Waals surface area contributed by atoms with Crippen molar-refractivity contribution in [1.82, 2.24) is 5.32 Å². The molecule has 0 amide bonds. The molecule has 0 spiro atoms. The molecule has 2 rings (SSSR count). The highest BCUT2D eigenvalue weighted by Crippen LogP contribution is 2.20. The highest BCUT2D eigenvalue weighted by atomic mass is 16.5. The Balaban J connectivity index is 1.50. The molecule has 1 N–H and O–H groups in total. The van der Waals surface area contributed by atoms with Crippen molar-refractivity contribution in [1.29, 1.82) is 0 Å². The van der Waals surface area contributed by atoms with Gasteiger partial charge in [0.1, 0.15) is 5.75 Å². The lowest BCUT2D eigenvalue weighted by molar-refractivity contribution is 0.308. The minimum absolute atomic E-state index is 0.780. The van der Waals surface area contributed by atoms with E-state index in [1.165, 1.54) is 49.3 Å². The second-order valence-electron chi connectivity index (χ2n) is 6.23. The lowest BCUT2D eigenvalue weighted by atomic mass is 10.1. The second-order valence-corrected chi connectivity index (χ2v) is 6.23. The molecule has 0 heterocycles. The van der Waals surface area contributed by atoms with Crippen LogP contribution in [0.5, 0.6) is 5.75 Å². The van der Waals surface area contributed by atoms with Crippen molar-refractivity contribution in [2.45, 2.75) is 51.9 Å². The summed E-state index contributed by atoms with van der Waals surface area (Å²) in [5.41, 5.74) is 0. The number of unbranched alkanes of at least 4 members (excludes halogenated alkanes) is 5. The minimum Gasteiger partial charge on any atom is -0.494 e. The maximum absolute atomic E-state index is 5.85. The van der Waals surface area contributed by atoms with Gasteiger partial charge in [0.15, 0.2) is 0 Å². The number of hydrogen-bond acceptors (Lipinski definition) is 2. The predicted molar refractivity (Wildman–Crippen MR) is 100 cm³/mol. The minimum atomic E-state index is 0.780. The summed E-state index contributed by atoms with van der Waals surface area (Å²) in [5, 5.41) is 6.02. The Bertz CT molecular complexity index is 552. The van der Waals surface area contributed by atoms with Gasteiger partial charge in [-0.15, -0.1) is 0 Å². The first-order valence-corrected chi connectivity index (χ1v) is 9.22. The van der Waals surface area contributed by atoms with Gasteiger partial charge >= 0.3 is 0 Å². The topological polar surface area (TPSA) is 21.3 Å². The van der Waals surface area contributed by atoms with Crippen LogP contribution >= 0.6 is 0 Å². The molecule has 0 aliphatic rings. The van der Waals surface area contributed by atoms with Crippen LogP contribution in [0.4, 0.5) is 0 Å². The van der Waals surface area contributed by atoms with Crippen molar-refractivity contribution < 1.29 is 4.74 Å². The molecule has 2 nitrogen and oxygen atoms in total. The summed E-state index contributed by atoms with van der Waals surface area (Å²) in [7, 11) is 0. The van der Waals surface area contributed by atoms with E-state index in [2.05, 4.69) is 54.7 Å². The number of benzene rings is 2. The molecule has 23 heavy (non-hydrogen) atoms. The van der Waals surface area contributed by atoms with E-state index in [-0.39, 0.29) is 0 Å². The van der Waals surface area contributed by atoms with Crippen LogP contribution in [0.25, 0.3) is 10.8 Å². The van der Waals surface area contributed by atoms with Gasteiger partial charge in [0.25, 0.3) is 0 Å². The first kappa shape index (κ1) is 17.8. The summed E-state index contributed by atoms with van der Waals surface area (Å²) in [4.78, 5) is 0. The predicted octanol–water partition coefficient (Wildman–Crippen LogP) is 5.56. The van der Waals surface area contributed by atoms with Crippen molar-refractivity contribution in [2.75, 3.05) is 19.7 Å². The second kappa shape index (κ2) is 11.1. The molecular weight excluding hydrogens is 282 g/mol. The molecule has 0 saturated carbocycles. The highest BCUT2D eigenvalue weighted by molar-refractivity contribution is 5.83. The summed E-state index contributed by atoms with van der Waals surface area (Å²) < 4.78 is 5.85. The molecule has 2 aromatic carbocycles. The molecule has 0 aliphatic heterocycles. The first-order chi connectivity index (χ1) is 11.4. The molecule has 0 fully saturated rings. The zero-order valence-electron chi connectivity index (χ0n) is 14.5. The third kappa shape index (κ3) is 7.04. The molecule has 0 aliphatic carbocycles. The molecule has 0 unspecified atom stereocenters. The van der Waals surface area contributed by atoms with Crippen molar-refractivity contribution in [3.63, 3.8) is 0 Å². The van der Waals surface area contributed by atoms with Crippen LogP contribution in [0.15, 0.2) is 42.5 Å². The van der Waals surface area contributed by atoms with Crippen LogP contribution in [0.2, 0.25) is 0 Å². The van der Waals surface area contributed by atoms with Crippen molar-refractivity contribution in [2.24, 2.45) is 0 Å².